The Kier molecular flexibility index (Phi) is 4.71. The van der Waals surface area contributed by atoms with Gasteiger partial charge < -0.3 is 14.7 Å². The predicted molar refractivity (Wildman–Crippen MR) is 98.5 cm³/mol. The van der Waals surface area contributed by atoms with Gasteiger partial charge in [0, 0.05) is 32.2 Å². The molecule has 0 bridgehead atoms. The number of hydrogen-bond donors (Lipinski definition) is 1. The van der Waals surface area contributed by atoms with Gasteiger partial charge in [-0.2, -0.15) is 4.52 Å². The summed E-state index contributed by atoms with van der Waals surface area (Å²) in [6.07, 6.45) is 2.33. The molecular weight excluding hydrogens is 348 g/mol. The molecule has 3 aromatic heterocycles. The van der Waals surface area contributed by atoms with E-state index in [9.17, 15) is 4.79 Å². The molecule has 27 heavy (non-hydrogen) atoms. The Balaban J connectivity index is 1.38. The number of aromatic nitrogens is 5. The summed E-state index contributed by atoms with van der Waals surface area (Å²) in [5, 5.41) is 19.1. The SMILES string of the molecule is CCC(C(=O)Nc1cc(C)on1)N1CCN(c2ccc3nncn3n2)CC1. The van der Waals surface area contributed by atoms with E-state index in [-0.39, 0.29) is 11.9 Å². The van der Waals surface area contributed by atoms with Crippen molar-refractivity contribution >= 4 is 23.2 Å². The van der Waals surface area contributed by atoms with Gasteiger partial charge in [0.1, 0.15) is 17.9 Å². The zero-order valence-corrected chi connectivity index (χ0v) is 15.4. The minimum Gasteiger partial charge on any atom is -0.360 e. The third kappa shape index (κ3) is 3.61. The first-order chi connectivity index (χ1) is 13.1. The summed E-state index contributed by atoms with van der Waals surface area (Å²) < 4.78 is 6.68. The van der Waals surface area contributed by atoms with Crippen LogP contribution in [0.25, 0.3) is 5.65 Å². The quantitative estimate of drug-likeness (QED) is 0.708. The molecule has 1 unspecified atom stereocenters. The van der Waals surface area contributed by atoms with Crippen molar-refractivity contribution in [1.82, 2.24) is 29.9 Å². The molecule has 1 atom stereocenters. The Hall–Kier alpha value is -3.01. The summed E-state index contributed by atoms with van der Waals surface area (Å²) in [7, 11) is 0. The first-order valence-electron chi connectivity index (χ1n) is 9.04. The number of amides is 1. The Labute approximate surface area is 156 Å². The van der Waals surface area contributed by atoms with E-state index in [1.807, 2.05) is 19.1 Å². The van der Waals surface area contributed by atoms with Gasteiger partial charge in [0.15, 0.2) is 11.5 Å². The summed E-state index contributed by atoms with van der Waals surface area (Å²) in [5.74, 6) is 1.96. The van der Waals surface area contributed by atoms with E-state index < -0.39 is 0 Å². The fourth-order valence-electron chi connectivity index (χ4n) is 3.39. The van der Waals surface area contributed by atoms with Crippen LogP contribution in [0.4, 0.5) is 11.6 Å². The molecule has 0 radical (unpaired) electrons. The van der Waals surface area contributed by atoms with Gasteiger partial charge in [0.2, 0.25) is 5.91 Å². The molecule has 0 saturated carbocycles. The lowest BCUT2D eigenvalue weighted by molar-refractivity contribution is -0.121. The van der Waals surface area contributed by atoms with Crippen LogP contribution in [0.1, 0.15) is 19.1 Å². The van der Waals surface area contributed by atoms with Gasteiger partial charge in [-0.05, 0) is 25.5 Å². The first-order valence-corrected chi connectivity index (χ1v) is 9.04. The maximum Gasteiger partial charge on any atom is 0.242 e. The molecule has 1 amide bonds. The van der Waals surface area contributed by atoms with Crippen molar-refractivity contribution in [2.24, 2.45) is 0 Å². The van der Waals surface area contributed by atoms with Crippen molar-refractivity contribution in [1.29, 1.82) is 0 Å². The minimum absolute atomic E-state index is 0.0525. The zero-order valence-electron chi connectivity index (χ0n) is 15.4. The Morgan fingerprint density at radius 1 is 1.30 bits per heavy atom. The highest BCUT2D eigenvalue weighted by Gasteiger charge is 2.28. The Morgan fingerprint density at radius 3 is 2.81 bits per heavy atom. The summed E-state index contributed by atoms with van der Waals surface area (Å²) >= 11 is 0. The van der Waals surface area contributed by atoms with Gasteiger partial charge in [-0.1, -0.05) is 12.1 Å². The number of nitrogens with zero attached hydrogens (tertiary/aromatic N) is 7. The Morgan fingerprint density at radius 2 is 2.11 bits per heavy atom. The highest BCUT2D eigenvalue weighted by molar-refractivity contribution is 5.94. The van der Waals surface area contributed by atoms with Crippen molar-refractivity contribution < 1.29 is 9.32 Å². The van der Waals surface area contributed by atoms with Crippen LogP contribution in [0.3, 0.4) is 0 Å². The summed E-state index contributed by atoms with van der Waals surface area (Å²) in [6.45, 7) is 6.98. The molecule has 0 aromatic carbocycles. The second-order valence-electron chi connectivity index (χ2n) is 6.58. The summed E-state index contributed by atoms with van der Waals surface area (Å²) in [6, 6.07) is 5.38. The van der Waals surface area contributed by atoms with Gasteiger partial charge in [0.25, 0.3) is 0 Å². The van der Waals surface area contributed by atoms with Gasteiger partial charge >= 0.3 is 0 Å². The van der Waals surface area contributed by atoms with Crippen molar-refractivity contribution in [3.8, 4) is 0 Å². The van der Waals surface area contributed by atoms with Crippen LogP contribution in [0.15, 0.2) is 29.0 Å². The number of hydrogen-bond acceptors (Lipinski definition) is 8. The van der Waals surface area contributed by atoms with Crippen molar-refractivity contribution in [2.45, 2.75) is 26.3 Å². The molecule has 0 spiro atoms. The molecule has 4 rings (SSSR count). The lowest BCUT2D eigenvalue weighted by atomic mass is 10.1. The van der Waals surface area contributed by atoms with E-state index in [2.05, 4.69) is 35.6 Å². The van der Waals surface area contributed by atoms with Crippen LogP contribution < -0.4 is 10.2 Å². The number of nitrogens with one attached hydrogen (secondary N) is 1. The summed E-state index contributed by atoms with van der Waals surface area (Å²) in [5.41, 5.74) is 0.725. The topological polar surface area (TPSA) is 105 Å². The highest BCUT2D eigenvalue weighted by atomic mass is 16.5. The lowest BCUT2D eigenvalue weighted by Crippen LogP contribution is -2.53. The molecule has 1 saturated heterocycles. The molecule has 142 valence electrons. The second kappa shape index (κ2) is 7.31. The largest absolute Gasteiger partial charge is 0.360 e. The van der Waals surface area contributed by atoms with E-state index >= 15 is 0 Å². The van der Waals surface area contributed by atoms with Crippen LogP contribution in [0.5, 0.6) is 0 Å². The second-order valence-corrected chi connectivity index (χ2v) is 6.58. The third-order valence-electron chi connectivity index (χ3n) is 4.80. The van der Waals surface area contributed by atoms with Gasteiger partial charge in [0.05, 0.1) is 6.04 Å². The Bertz CT molecular complexity index is 928. The molecule has 1 aliphatic heterocycles. The molecule has 1 aliphatic rings. The minimum atomic E-state index is -0.197. The van der Waals surface area contributed by atoms with Crippen molar-refractivity contribution in [3.05, 3.63) is 30.3 Å². The number of carbonyl (C=O) groups is 1. The monoisotopic (exact) mass is 370 g/mol. The number of carbonyl (C=O) groups excluding carboxylic acids is 1. The molecule has 10 heteroatoms. The average molecular weight is 370 g/mol. The molecule has 0 aliphatic carbocycles. The average Bonchev–Trinajstić information content (AvgIpc) is 3.31. The number of rotatable bonds is 5. The molecule has 10 nitrogen and oxygen atoms in total. The van der Waals surface area contributed by atoms with Crippen molar-refractivity contribution in [3.63, 3.8) is 0 Å². The van der Waals surface area contributed by atoms with Gasteiger partial charge in [-0.25, -0.2) is 0 Å². The molecule has 1 N–H and O–H groups in total. The fourth-order valence-corrected chi connectivity index (χ4v) is 3.39. The number of aryl methyl sites for hydroxylation is 1. The molecule has 4 heterocycles. The van der Waals surface area contributed by atoms with E-state index in [0.29, 0.717) is 11.6 Å². The van der Waals surface area contributed by atoms with Gasteiger partial charge in [-0.3, -0.25) is 9.69 Å². The molecule has 3 aromatic rings. The normalized spacial score (nSPS) is 16.6. The van der Waals surface area contributed by atoms with Crippen LogP contribution in [0.2, 0.25) is 0 Å². The van der Waals surface area contributed by atoms with E-state index in [4.69, 9.17) is 4.52 Å². The van der Waals surface area contributed by atoms with Crippen LogP contribution in [-0.2, 0) is 4.79 Å². The molecular formula is C17H22N8O2. The fraction of sp³-hybridized carbons (Fsp3) is 0.471. The summed E-state index contributed by atoms with van der Waals surface area (Å²) in [4.78, 5) is 17.1. The maximum atomic E-state index is 12.6. The van der Waals surface area contributed by atoms with E-state index in [1.165, 1.54) is 0 Å². The number of anilines is 2. The maximum absolute atomic E-state index is 12.6. The van der Waals surface area contributed by atoms with Gasteiger partial charge in [-0.15, -0.1) is 15.3 Å². The highest BCUT2D eigenvalue weighted by Crippen LogP contribution is 2.17. The van der Waals surface area contributed by atoms with Crippen LogP contribution in [0, 0.1) is 6.92 Å². The van der Waals surface area contributed by atoms with Crippen LogP contribution >= 0.6 is 0 Å². The van der Waals surface area contributed by atoms with Crippen LogP contribution in [-0.4, -0.2) is 68.0 Å². The number of fused-ring (bicyclic) bond motifs is 1. The van der Waals surface area contributed by atoms with Crippen molar-refractivity contribution in [2.75, 3.05) is 36.4 Å². The standard InChI is InChI=1S/C17H22N8O2/c1-3-13(17(26)19-14-10-12(2)27-22-14)23-6-8-24(9-7-23)16-5-4-15-20-18-11-25(15)21-16/h4-5,10-11,13H,3,6-9H2,1-2H3,(H,19,22,26). The number of piperazine rings is 1. The molecule has 1 fully saturated rings. The first kappa shape index (κ1) is 17.4. The smallest absolute Gasteiger partial charge is 0.242 e. The predicted octanol–water partition coefficient (Wildman–Crippen LogP) is 0.960. The van der Waals surface area contributed by atoms with E-state index in [1.54, 1.807) is 23.8 Å². The lowest BCUT2D eigenvalue weighted by Gasteiger charge is -2.38. The third-order valence-corrected chi connectivity index (χ3v) is 4.80. The van der Waals surface area contributed by atoms with E-state index in [0.717, 1.165) is 44.1 Å². The zero-order chi connectivity index (χ0) is 18.8.